The van der Waals surface area contributed by atoms with Gasteiger partial charge >= 0.3 is 5.97 Å². The van der Waals surface area contributed by atoms with Gasteiger partial charge in [-0.05, 0) is 24.3 Å². The van der Waals surface area contributed by atoms with Gasteiger partial charge in [-0.25, -0.2) is 9.78 Å². The van der Waals surface area contributed by atoms with E-state index in [0.29, 0.717) is 22.3 Å². The number of aromatic nitrogens is 2. The lowest BCUT2D eigenvalue weighted by atomic mass is 10.1. The summed E-state index contributed by atoms with van der Waals surface area (Å²) in [5.74, 6) is 0.187. The maximum absolute atomic E-state index is 13.0. The first-order valence-corrected chi connectivity index (χ1v) is 9.77. The SMILES string of the molecule is COC(=O)c1ccc(N2CSc3nc(-c4ccccc4)c(C#N)c(=O)n3C2)cc1. The molecule has 2 heterocycles. The van der Waals surface area contributed by atoms with Gasteiger partial charge in [0.1, 0.15) is 18.3 Å². The zero-order chi connectivity index (χ0) is 20.4. The Bertz CT molecular complexity index is 1170. The molecule has 1 aliphatic rings. The number of thioether (sulfide) groups is 1. The molecule has 0 amide bonds. The Morgan fingerprint density at radius 3 is 2.55 bits per heavy atom. The van der Waals surface area contributed by atoms with Crippen molar-refractivity contribution >= 4 is 23.4 Å². The van der Waals surface area contributed by atoms with Gasteiger partial charge < -0.3 is 9.64 Å². The third-order valence-corrected chi connectivity index (χ3v) is 5.62. The first kappa shape index (κ1) is 18.8. The Morgan fingerprint density at radius 2 is 1.90 bits per heavy atom. The van der Waals surface area contributed by atoms with Crippen molar-refractivity contribution in [3.05, 3.63) is 76.1 Å². The lowest BCUT2D eigenvalue weighted by Gasteiger charge is -2.31. The van der Waals surface area contributed by atoms with Crippen molar-refractivity contribution in [1.82, 2.24) is 9.55 Å². The molecule has 0 N–H and O–H groups in total. The molecule has 0 saturated carbocycles. The number of hydrogen-bond acceptors (Lipinski definition) is 7. The Hall–Kier alpha value is -3.57. The number of fused-ring (bicyclic) bond motifs is 1. The summed E-state index contributed by atoms with van der Waals surface area (Å²) in [5, 5.41) is 10.2. The molecule has 3 aromatic rings. The molecule has 7 nitrogen and oxygen atoms in total. The standard InChI is InChI=1S/C21H16N4O3S/c1-28-20(27)15-7-9-16(10-8-15)24-12-25-19(26)17(11-22)18(23-21(25)29-13-24)14-5-3-2-4-6-14/h2-10H,12-13H2,1H3. The number of carbonyl (C=O) groups is 1. The van der Waals surface area contributed by atoms with Crippen molar-refractivity contribution in [3.8, 4) is 17.3 Å². The number of nitriles is 1. The summed E-state index contributed by atoms with van der Waals surface area (Å²) < 4.78 is 6.22. The summed E-state index contributed by atoms with van der Waals surface area (Å²) in [6, 6.07) is 18.2. The highest BCUT2D eigenvalue weighted by Gasteiger charge is 2.24. The van der Waals surface area contributed by atoms with Gasteiger partial charge in [0.05, 0.1) is 24.2 Å². The predicted octanol–water partition coefficient (Wildman–Crippen LogP) is 3.10. The van der Waals surface area contributed by atoms with Crippen LogP contribution in [0, 0.1) is 11.3 Å². The third-order valence-electron chi connectivity index (χ3n) is 4.61. The Morgan fingerprint density at radius 1 is 1.17 bits per heavy atom. The molecule has 29 heavy (non-hydrogen) atoms. The van der Waals surface area contributed by atoms with Crippen LogP contribution in [0.5, 0.6) is 0 Å². The second-order valence-corrected chi connectivity index (χ2v) is 7.23. The molecule has 1 aromatic heterocycles. The van der Waals surface area contributed by atoms with Crippen molar-refractivity contribution < 1.29 is 9.53 Å². The van der Waals surface area contributed by atoms with Crippen molar-refractivity contribution in [3.63, 3.8) is 0 Å². The summed E-state index contributed by atoms with van der Waals surface area (Å²) in [7, 11) is 1.34. The second-order valence-electron chi connectivity index (χ2n) is 6.32. The average molecular weight is 404 g/mol. The van der Waals surface area contributed by atoms with E-state index in [2.05, 4.69) is 4.98 Å². The second kappa shape index (κ2) is 7.81. The van der Waals surface area contributed by atoms with E-state index in [-0.39, 0.29) is 17.8 Å². The van der Waals surface area contributed by atoms with Crippen LogP contribution in [0.15, 0.2) is 64.5 Å². The molecule has 1 aliphatic heterocycles. The number of esters is 1. The van der Waals surface area contributed by atoms with Crippen molar-refractivity contribution in [2.24, 2.45) is 0 Å². The third kappa shape index (κ3) is 3.48. The fourth-order valence-corrected chi connectivity index (χ4v) is 4.06. The van der Waals surface area contributed by atoms with Crippen LogP contribution in [0.25, 0.3) is 11.3 Å². The maximum Gasteiger partial charge on any atom is 0.337 e. The zero-order valence-corrected chi connectivity index (χ0v) is 16.3. The van der Waals surface area contributed by atoms with E-state index < -0.39 is 5.97 Å². The van der Waals surface area contributed by atoms with E-state index in [1.165, 1.54) is 23.4 Å². The first-order chi connectivity index (χ1) is 14.1. The van der Waals surface area contributed by atoms with Crippen LogP contribution in [0.4, 0.5) is 5.69 Å². The number of methoxy groups -OCH3 is 1. The molecule has 0 fully saturated rings. The summed E-state index contributed by atoms with van der Waals surface area (Å²) in [5.41, 5.74) is 2.13. The van der Waals surface area contributed by atoms with Crippen LogP contribution < -0.4 is 10.5 Å². The molecule has 8 heteroatoms. The van der Waals surface area contributed by atoms with Gasteiger partial charge in [-0.2, -0.15) is 5.26 Å². The van der Waals surface area contributed by atoms with Crippen LogP contribution in [-0.2, 0) is 11.4 Å². The molecule has 2 aromatic carbocycles. The van der Waals surface area contributed by atoms with E-state index in [9.17, 15) is 14.9 Å². The van der Waals surface area contributed by atoms with Gasteiger partial charge in [0.2, 0.25) is 0 Å². The minimum absolute atomic E-state index is 0.0310. The number of hydrogen-bond donors (Lipinski definition) is 0. The average Bonchev–Trinajstić information content (AvgIpc) is 2.79. The van der Waals surface area contributed by atoms with Gasteiger partial charge in [0.15, 0.2) is 5.16 Å². The van der Waals surface area contributed by atoms with Crippen molar-refractivity contribution in [2.45, 2.75) is 11.8 Å². The molecule has 4 rings (SSSR count). The van der Waals surface area contributed by atoms with Gasteiger partial charge in [-0.3, -0.25) is 9.36 Å². The van der Waals surface area contributed by atoms with E-state index in [1.807, 2.05) is 41.3 Å². The summed E-state index contributed by atoms with van der Waals surface area (Å²) in [6.45, 7) is 0.273. The molecule has 0 aliphatic carbocycles. The Balaban J connectivity index is 1.69. The van der Waals surface area contributed by atoms with Crippen LogP contribution >= 0.6 is 11.8 Å². The Labute approximate surface area is 171 Å². The lowest BCUT2D eigenvalue weighted by molar-refractivity contribution is 0.0601. The number of ether oxygens (including phenoxy) is 1. The molecule has 0 unspecified atom stereocenters. The number of anilines is 1. The summed E-state index contributed by atoms with van der Waals surface area (Å²) >= 11 is 1.43. The molecule has 0 atom stereocenters. The first-order valence-electron chi connectivity index (χ1n) is 8.79. The minimum Gasteiger partial charge on any atom is -0.465 e. The number of nitrogens with zero attached hydrogens (tertiary/aromatic N) is 4. The molecular weight excluding hydrogens is 388 g/mol. The van der Waals surface area contributed by atoms with Gasteiger partial charge in [0, 0.05) is 11.3 Å². The lowest BCUT2D eigenvalue weighted by Crippen LogP contribution is -2.38. The van der Waals surface area contributed by atoms with Crippen LogP contribution in [0.3, 0.4) is 0 Å². The van der Waals surface area contributed by atoms with E-state index in [1.54, 1.807) is 24.3 Å². The van der Waals surface area contributed by atoms with Gasteiger partial charge in [-0.15, -0.1) is 0 Å². The normalized spacial score (nSPS) is 12.8. The van der Waals surface area contributed by atoms with E-state index in [4.69, 9.17) is 4.74 Å². The molecule has 0 spiro atoms. The largest absolute Gasteiger partial charge is 0.465 e. The topological polar surface area (TPSA) is 88.2 Å². The Kier molecular flexibility index (Phi) is 5.06. The molecular formula is C21H16N4O3S. The fourth-order valence-electron chi connectivity index (χ4n) is 3.11. The highest BCUT2D eigenvalue weighted by molar-refractivity contribution is 7.99. The highest BCUT2D eigenvalue weighted by Crippen LogP contribution is 2.29. The van der Waals surface area contributed by atoms with Crippen molar-refractivity contribution in [2.75, 3.05) is 17.9 Å². The van der Waals surface area contributed by atoms with E-state index >= 15 is 0 Å². The number of carbonyl (C=O) groups excluding carboxylic acids is 1. The van der Waals surface area contributed by atoms with Crippen LogP contribution in [0.2, 0.25) is 0 Å². The molecule has 0 bridgehead atoms. The van der Waals surface area contributed by atoms with Crippen molar-refractivity contribution in [1.29, 1.82) is 5.26 Å². The summed E-state index contributed by atoms with van der Waals surface area (Å²) in [6.07, 6.45) is 0. The molecule has 0 radical (unpaired) electrons. The molecule has 144 valence electrons. The van der Waals surface area contributed by atoms with Gasteiger partial charge in [-0.1, -0.05) is 42.1 Å². The fraction of sp³-hybridized carbons (Fsp3) is 0.143. The summed E-state index contributed by atoms with van der Waals surface area (Å²) in [4.78, 5) is 31.2. The highest BCUT2D eigenvalue weighted by atomic mass is 32.2. The number of benzene rings is 2. The predicted molar refractivity (Wildman–Crippen MR) is 110 cm³/mol. The number of rotatable bonds is 3. The minimum atomic E-state index is -0.401. The van der Waals surface area contributed by atoms with Gasteiger partial charge in [0.25, 0.3) is 5.56 Å². The van der Waals surface area contributed by atoms with Crippen LogP contribution in [0.1, 0.15) is 15.9 Å². The van der Waals surface area contributed by atoms with Crippen LogP contribution in [-0.4, -0.2) is 28.5 Å². The zero-order valence-electron chi connectivity index (χ0n) is 15.5. The monoisotopic (exact) mass is 404 g/mol. The van der Waals surface area contributed by atoms with E-state index in [0.717, 1.165) is 11.3 Å². The maximum atomic E-state index is 13.0. The smallest absolute Gasteiger partial charge is 0.337 e. The quantitative estimate of drug-likeness (QED) is 0.490. The molecule has 0 saturated heterocycles.